The number of rotatable bonds is 10. The van der Waals surface area contributed by atoms with E-state index in [1.807, 2.05) is 4.57 Å². The topological polar surface area (TPSA) is 150 Å². The number of ether oxygens (including phenoxy) is 2. The van der Waals surface area contributed by atoms with Crippen molar-refractivity contribution in [1.29, 1.82) is 0 Å². The van der Waals surface area contributed by atoms with E-state index in [1.54, 1.807) is 18.5 Å². The van der Waals surface area contributed by atoms with Crippen molar-refractivity contribution in [2.75, 3.05) is 12.8 Å². The van der Waals surface area contributed by atoms with E-state index in [-0.39, 0.29) is 33.2 Å². The Kier molecular flexibility index (Phi) is 9.35. The zero-order valence-corrected chi connectivity index (χ0v) is 29.9. The lowest BCUT2D eigenvalue weighted by Crippen LogP contribution is -2.52. The quantitative estimate of drug-likeness (QED) is 0.145. The van der Waals surface area contributed by atoms with E-state index in [2.05, 4.69) is 82.7 Å². The minimum Gasteiger partial charge on any atom is -0.497 e. The van der Waals surface area contributed by atoms with Gasteiger partial charge in [-0.2, -0.15) is 0 Å². The Labute approximate surface area is 262 Å². The highest BCUT2D eigenvalue weighted by molar-refractivity contribution is 6.74. The Morgan fingerprint density at radius 1 is 1.09 bits per heavy atom. The maximum Gasteiger partial charge on any atom is 0.276 e. The Bertz CT molecular complexity index is 1500. The predicted octanol–water partition coefficient (Wildman–Crippen LogP) is 6.64. The maximum atomic E-state index is 12.2. The third-order valence-corrected chi connectivity index (χ3v) is 18.6. The number of nitrogens with zero attached hydrogens (tertiary/aromatic N) is 5. The molecule has 0 radical (unpaired) electrons. The van der Waals surface area contributed by atoms with Gasteiger partial charge in [0, 0.05) is 18.4 Å². The van der Waals surface area contributed by atoms with E-state index in [4.69, 9.17) is 24.1 Å². The molecule has 242 valence electrons. The first kappa shape index (κ1) is 34.0. The molecule has 4 rings (SSSR count). The van der Waals surface area contributed by atoms with Gasteiger partial charge in [-0.3, -0.25) is 14.7 Å². The predicted molar refractivity (Wildman–Crippen MR) is 176 cm³/mol. The number of aromatic nitrogens is 4. The maximum absolute atomic E-state index is 12.2. The standard InChI is InChI=1S/C30H48N6O6Si2/c1-29(2,3)43(8,9)41-22(14-19-12-13-20(39-7)15-21(19)36(37)38)26-23(42-44(10,11)30(4,5)6)16-24(40-26)35-18-34-25-27(31)32-17-33-28(25)35/h12-13,15,17-18,22-24,26H,14,16H2,1-11H3,(H2,31,32,33)/t22?,23-,24+,26+/m0/s1. The zero-order valence-electron chi connectivity index (χ0n) is 27.9. The summed E-state index contributed by atoms with van der Waals surface area (Å²) in [6, 6.07) is 4.95. The molecule has 1 aromatic carbocycles. The fraction of sp³-hybridized carbons (Fsp3) is 0.633. The average molecular weight is 645 g/mol. The van der Waals surface area contributed by atoms with Gasteiger partial charge in [-0.1, -0.05) is 41.5 Å². The first-order valence-corrected chi connectivity index (χ1v) is 20.8. The van der Waals surface area contributed by atoms with Crippen molar-refractivity contribution in [2.45, 2.75) is 115 Å². The first-order chi connectivity index (χ1) is 20.3. The molecule has 2 N–H and O–H groups in total. The van der Waals surface area contributed by atoms with Gasteiger partial charge in [0.05, 0.1) is 36.6 Å². The number of methoxy groups -OCH3 is 1. The van der Waals surface area contributed by atoms with Gasteiger partial charge >= 0.3 is 0 Å². The summed E-state index contributed by atoms with van der Waals surface area (Å²) in [7, 11) is -3.18. The summed E-state index contributed by atoms with van der Waals surface area (Å²) in [5.74, 6) is 0.718. The fourth-order valence-corrected chi connectivity index (χ4v) is 7.59. The van der Waals surface area contributed by atoms with E-state index in [1.165, 1.54) is 19.5 Å². The molecule has 0 bridgehead atoms. The molecule has 1 aliphatic rings. The van der Waals surface area contributed by atoms with Gasteiger partial charge in [-0.05, 0) is 48.4 Å². The second kappa shape index (κ2) is 12.1. The fourth-order valence-electron chi connectivity index (χ4n) is 4.92. The van der Waals surface area contributed by atoms with Crippen LogP contribution in [0.3, 0.4) is 0 Å². The van der Waals surface area contributed by atoms with Crippen LogP contribution in [-0.4, -0.2) is 66.5 Å². The SMILES string of the molecule is COc1ccc(CC(O[Si](C)(C)C(C)(C)C)[C@H]2O[C@@H](n3cnc4c(N)ncnc43)C[C@@H]2O[Si](C)(C)C(C)(C)C)c([N+](=O)[O-])c1. The molecule has 14 heteroatoms. The van der Waals surface area contributed by atoms with E-state index in [9.17, 15) is 10.1 Å². The number of imidazole rings is 1. The molecule has 12 nitrogen and oxygen atoms in total. The number of fused-ring (bicyclic) bond motifs is 1. The lowest BCUT2D eigenvalue weighted by Gasteiger charge is -2.43. The Morgan fingerprint density at radius 2 is 1.75 bits per heavy atom. The molecule has 1 aliphatic heterocycles. The van der Waals surface area contributed by atoms with Crippen LogP contribution in [0.5, 0.6) is 5.75 Å². The second-order valence-corrected chi connectivity index (χ2v) is 24.2. The molecule has 1 saturated heterocycles. The molecule has 44 heavy (non-hydrogen) atoms. The Balaban J connectivity index is 1.82. The number of nitrogen functional groups attached to an aromatic ring is 1. The highest BCUT2D eigenvalue weighted by Crippen LogP contribution is 2.45. The van der Waals surface area contributed by atoms with E-state index in [0.717, 1.165) is 0 Å². The number of hydrogen-bond acceptors (Lipinski definition) is 10. The van der Waals surface area contributed by atoms with Gasteiger partial charge in [0.2, 0.25) is 0 Å². The van der Waals surface area contributed by atoms with Crippen LogP contribution in [0.1, 0.15) is 59.8 Å². The highest BCUT2D eigenvalue weighted by atomic mass is 28.4. The lowest BCUT2D eigenvalue weighted by atomic mass is 9.99. The smallest absolute Gasteiger partial charge is 0.276 e. The van der Waals surface area contributed by atoms with E-state index < -0.39 is 35.1 Å². The number of nitro benzene ring substituents is 1. The summed E-state index contributed by atoms with van der Waals surface area (Å²) in [6.45, 7) is 21.9. The van der Waals surface area contributed by atoms with Crippen molar-refractivity contribution >= 4 is 39.3 Å². The Morgan fingerprint density at radius 3 is 2.34 bits per heavy atom. The summed E-state index contributed by atoms with van der Waals surface area (Å²) in [5.41, 5.74) is 7.70. The molecule has 0 spiro atoms. The minimum absolute atomic E-state index is 0.0163. The number of hydrogen-bond donors (Lipinski definition) is 1. The molecule has 3 heterocycles. The number of benzene rings is 1. The molecular weight excluding hydrogens is 597 g/mol. The molecule has 0 amide bonds. The normalized spacial score (nSPS) is 20.7. The van der Waals surface area contributed by atoms with Crippen molar-refractivity contribution in [3.8, 4) is 5.75 Å². The van der Waals surface area contributed by atoms with Crippen LogP contribution in [-0.2, 0) is 20.0 Å². The van der Waals surface area contributed by atoms with Crippen molar-refractivity contribution in [3.05, 3.63) is 46.5 Å². The summed E-state index contributed by atoms with van der Waals surface area (Å²) < 4.78 is 28.2. The first-order valence-electron chi connectivity index (χ1n) is 15.0. The second-order valence-electron chi connectivity index (χ2n) is 14.7. The largest absolute Gasteiger partial charge is 0.497 e. The lowest BCUT2D eigenvalue weighted by molar-refractivity contribution is -0.385. The zero-order chi connectivity index (χ0) is 32.8. The molecule has 4 atom stereocenters. The van der Waals surface area contributed by atoms with Gasteiger partial charge < -0.3 is 24.1 Å². The van der Waals surface area contributed by atoms with Gasteiger partial charge in [0.1, 0.15) is 29.9 Å². The van der Waals surface area contributed by atoms with Gasteiger partial charge in [0.25, 0.3) is 5.69 Å². The number of nitrogens with two attached hydrogens (primary N) is 1. The monoisotopic (exact) mass is 644 g/mol. The van der Waals surface area contributed by atoms with Crippen LogP contribution < -0.4 is 10.5 Å². The van der Waals surface area contributed by atoms with Crippen LogP contribution in [0.25, 0.3) is 11.2 Å². The summed E-state index contributed by atoms with van der Waals surface area (Å²) in [5, 5.41) is 12.0. The molecule has 0 aliphatic carbocycles. The van der Waals surface area contributed by atoms with Crippen molar-refractivity contribution in [1.82, 2.24) is 19.5 Å². The number of nitro groups is 1. The molecule has 0 saturated carbocycles. The molecule has 1 fully saturated rings. The van der Waals surface area contributed by atoms with Crippen LogP contribution in [0, 0.1) is 10.1 Å². The average Bonchev–Trinajstić information content (AvgIpc) is 3.51. The van der Waals surface area contributed by atoms with Crippen molar-refractivity contribution in [3.63, 3.8) is 0 Å². The molecule has 2 aromatic heterocycles. The van der Waals surface area contributed by atoms with Crippen LogP contribution in [0.4, 0.5) is 11.5 Å². The molecule has 3 aromatic rings. The van der Waals surface area contributed by atoms with Crippen LogP contribution in [0.15, 0.2) is 30.9 Å². The van der Waals surface area contributed by atoms with Gasteiger partial charge in [0.15, 0.2) is 28.1 Å². The van der Waals surface area contributed by atoms with Gasteiger partial charge in [-0.25, -0.2) is 15.0 Å². The summed E-state index contributed by atoms with van der Waals surface area (Å²) in [6.07, 6.45) is 2.01. The van der Waals surface area contributed by atoms with Crippen molar-refractivity contribution in [2.24, 2.45) is 0 Å². The number of anilines is 1. The third-order valence-electron chi connectivity index (χ3n) is 9.59. The van der Waals surface area contributed by atoms with E-state index in [0.29, 0.717) is 34.7 Å². The van der Waals surface area contributed by atoms with E-state index >= 15 is 0 Å². The minimum atomic E-state index is -2.39. The third kappa shape index (κ3) is 6.83. The van der Waals surface area contributed by atoms with Gasteiger partial charge in [-0.15, -0.1) is 0 Å². The summed E-state index contributed by atoms with van der Waals surface area (Å²) >= 11 is 0. The molecule has 1 unspecified atom stereocenters. The summed E-state index contributed by atoms with van der Waals surface area (Å²) in [4.78, 5) is 24.8. The Hall–Kier alpha value is -2.92. The molecular formula is C30H48N6O6Si2. The highest BCUT2D eigenvalue weighted by Gasteiger charge is 2.50. The van der Waals surface area contributed by atoms with Crippen LogP contribution in [0.2, 0.25) is 36.3 Å². The van der Waals surface area contributed by atoms with Crippen molar-refractivity contribution < 1.29 is 23.2 Å². The van der Waals surface area contributed by atoms with Crippen LogP contribution >= 0.6 is 0 Å².